The number of aromatic nitrogens is 3. The Hall–Kier alpha value is -6.29. The predicted octanol–water partition coefficient (Wildman–Crippen LogP) is 5.18. The second-order valence-corrected chi connectivity index (χ2v) is 17.7. The van der Waals surface area contributed by atoms with Crippen LogP contribution < -0.4 is 26.2 Å². The fourth-order valence-corrected chi connectivity index (χ4v) is 10.5. The summed E-state index contributed by atoms with van der Waals surface area (Å²) < 4.78 is 5.89. The Kier molecular flexibility index (Phi) is 10.6. The molecule has 3 atom stereocenters. The zero-order chi connectivity index (χ0) is 42.5. The second kappa shape index (κ2) is 16.5. The lowest BCUT2D eigenvalue weighted by Crippen LogP contribution is -2.49. The quantitative estimate of drug-likeness (QED) is 0.157. The zero-order valence-electron chi connectivity index (χ0n) is 35.1. The molecular weight excluding hydrogens is 787 g/mol. The number of urea groups is 1. The highest BCUT2D eigenvalue weighted by Gasteiger charge is 2.36. The fourth-order valence-electron chi connectivity index (χ4n) is 10.5. The number of nitrogens with one attached hydrogen (secondary N) is 2. The summed E-state index contributed by atoms with van der Waals surface area (Å²) in [6.45, 7) is 7.97. The Morgan fingerprint density at radius 1 is 0.903 bits per heavy atom. The number of rotatable bonds is 10. The van der Waals surface area contributed by atoms with Crippen molar-refractivity contribution in [2.75, 3.05) is 81.1 Å². The van der Waals surface area contributed by atoms with E-state index in [0.29, 0.717) is 47.7 Å². The van der Waals surface area contributed by atoms with Crippen molar-refractivity contribution >= 4 is 68.5 Å². The molecular formula is C46H53N11O5. The molecule has 62 heavy (non-hydrogen) atoms. The fraction of sp³-hybridized carbons (Fsp3) is 0.457. The Balaban J connectivity index is 0.753. The van der Waals surface area contributed by atoms with Crippen LogP contribution in [0.1, 0.15) is 78.5 Å². The van der Waals surface area contributed by atoms with Gasteiger partial charge in [-0.1, -0.05) is 41.6 Å². The van der Waals surface area contributed by atoms with E-state index in [1.54, 1.807) is 11.1 Å². The van der Waals surface area contributed by atoms with Crippen LogP contribution in [0.25, 0.3) is 21.7 Å². The molecule has 5 aromatic rings. The van der Waals surface area contributed by atoms with Gasteiger partial charge in [-0.05, 0) is 86.5 Å². The van der Waals surface area contributed by atoms with Gasteiger partial charge in [0.1, 0.15) is 11.5 Å². The standard InChI is InChI=1S/C46H53N11O5/c1-53-21-22-57(46(53)61)32-5-4-17-56(27-32)38-24-48-42(43(47)59)44(50-38)49-31-10-8-29(9-11-31)30-15-18-54(19-16-30)25-28-14-20-55(26-28)36-23-37-40(34-7-3-2-6-33(34)36)41(52-62-37)35-12-13-39(58)51-45(35)60/h2-3,6-11,23-24,28,30,32,35H,4-5,12-22,25-27H2,1H3,(H2,47,59)(H,49,50)(H,51,58,60)/t28-,32-,35?/m1/s1. The second-order valence-electron chi connectivity index (χ2n) is 17.7. The first-order valence-corrected chi connectivity index (χ1v) is 22.1. The molecule has 16 nitrogen and oxygen atoms in total. The van der Waals surface area contributed by atoms with E-state index in [9.17, 15) is 19.2 Å². The first-order chi connectivity index (χ1) is 30.2. The number of fused-ring (bicyclic) bond motifs is 3. The molecule has 322 valence electrons. The van der Waals surface area contributed by atoms with Crippen LogP contribution in [0.2, 0.25) is 0 Å². The molecule has 16 heteroatoms. The molecule has 0 spiro atoms. The molecule has 0 aliphatic carbocycles. The maximum absolute atomic E-state index is 12.8. The Labute approximate surface area is 359 Å². The lowest BCUT2D eigenvalue weighted by molar-refractivity contribution is -0.134. The molecule has 10 rings (SSSR count). The summed E-state index contributed by atoms with van der Waals surface area (Å²) in [5.41, 5.74) is 10.3. The summed E-state index contributed by atoms with van der Waals surface area (Å²) >= 11 is 0. The highest BCUT2D eigenvalue weighted by molar-refractivity contribution is 6.14. The monoisotopic (exact) mass is 839 g/mol. The minimum Gasteiger partial charge on any atom is -0.371 e. The number of benzene rings is 3. The minimum atomic E-state index is -0.647. The van der Waals surface area contributed by atoms with Gasteiger partial charge >= 0.3 is 6.03 Å². The minimum absolute atomic E-state index is 0.0694. The third-order valence-corrected chi connectivity index (χ3v) is 13.8. The number of carbonyl (C=O) groups excluding carboxylic acids is 4. The molecule has 5 saturated heterocycles. The lowest BCUT2D eigenvalue weighted by Gasteiger charge is -2.37. The van der Waals surface area contributed by atoms with Gasteiger partial charge in [0.25, 0.3) is 5.91 Å². The Bertz CT molecular complexity index is 2540. The summed E-state index contributed by atoms with van der Waals surface area (Å²) in [6, 6.07) is 18.9. The van der Waals surface area contributed by atoms with E-state index in [1.165, 1.54) is 5.56 Å². The van der Waals surface area contributed by atoms with E-state index in [4.69, 9.17) is 15.2 Å². The first-order valence-electron chi connectivity index (χ1n) is 22.1. The topological polar surface area (TPSA) is 186 Å². The number of imide groups is 1. The number of anilines is 4. The number of nitrogens with zero attached hydrogens (tertiary/aromatic N) is 8. The van der Waals surface area contributed by atoms with E-state index in [0.717, 1.165) is 112 Å². The van der Waals surface area contributed by atoms with Crippen molar-refractivity contribution in [3.8, 4) is 0 Å². The Morgan fingerprint density at radius 3 is 2.47 bits per heavy atom. The number of carbonyl (C=O) groups is 4. The van der Waals surface area contributed by atoms with Crippen molar-refractivity contribution in [2.24, 2.45) is 11.7 Å². The molecule has 3 aromatic carbocycles. The van der Waals surface area contributed by atoms with Crippen LogP contribution in [0, 0.1) is 5.92 Å². The number of hydrogen-bond donors (Lipinski definition) is 3. The van der Waals surface area contributed by atoms with Crippen LogP contribution in [0.4, 0.5) is 27.8 Å². The molecule has 7 heterocycles. The maximum atomic E-state index is 12.8. The smallest absolute Gasteiger partial charge is 0.320 e. The SMILES string of the molecule is CN1CCN([C@@H]2CCCN(c3cnc(C(N)=O)c(Nc4ccc(C5CCN(C[C@H]6CCN(c7cc8onc(C9CCC(=O)NC9=O)c8c8ccccc78)C6)CC5)cc4)n3)C2)C1=O. The van der Waals surface area contributed by atoms with Gasteiger partial charge in [-0.2, -0.15) is 0 Å². The van der Waals surface area contributed by atoms with Crippen LogP contribution in [-0.2, 0) is 9.59 Å². The van der Waals surface area contributed by atoms with Gasteiger partial charge in [0.05, 0.1) is 23.5 Å². The largest absolute Gasteiger partial charge is 0.371 e. The van der Waals surface area contributed by atoms with Gasteiger partial charge in [0.2, 0.25) is 11.8 Å². The van der Waals surface area contributed by atoms with Crippen molar-refractivity contribution in [2.45, 2.75) is 62.8 Å². The number of nitrogens with two attached hydrogens (primary N) is 1. The van der Waals surface area contributed by atoms with Crippen molar-refractivity contribution in [3.63, 3.8) is 0 Å². The summed E-state index contributed by atoms with van der Waals surface area (Å²) in [7, 11) is 1.84. The maximum Gasteiger partial charge on any atom is 0.320 e. The number of likely N-dealkylation sites (tertiary alicyclic amines) is 1. The van der Waals surface area contributed by atoms with Crippen LogP contribution in [-0.4, -0.2) is 126 Å². The highest BCUT2D eigenvalue weighted by atomic mass is 16.5. The summed E-state index contributed by atoms with van der Waals surface area (Å²) in [5.74, 6) is 0.261. The molecule has 0 saturated carbocycles. The molecule has 5 aliphatic rings. The summed E-state index contributed by atoms with van der Waals surface area (Å²) in [6.07, 6.45) is 7.47. The average molecular weight is 840 g/mol. The van der Waals surface area contributed by atoms with Gasteiger partial charge < -0.3 is 40.1 Å². The molecule has 0 radical (unpaired) electrons. The molecule has 4 N–H and O–H groups in total. The normalized spacial score (nSPS) is 22.9. The number of amides is 5. The van der Waals surface area contributed by atoms with Gasteiger partial charge in [-0.25, -0.2) is 14.8 Å². The number of likely N-dealkylation sites (N-methyl/N-ethyl adjacent to an activating group) is 1. The molecule has 5 fully saturated rings. The van der Waals surface area contributed by atoms with Gasteiger partial charge in [0.15, 0.2) is 17.1 Å². The van der Waals surface area contributed by atoms with E-state index in [1.807, 2.05) is 30.1 Å². The van der Waals surface area contributed by atoms with E-state index in [2.05, 4.69) is 71.9 Å². The zero-order valence-corrected chi connectivity index (χ0v) is 35.1. The van der Waals surface area contributed by atoms with Gasteiger partial charge in [-0.15, -0.1) is 0 Å². The lowest BCUT2D eigenvalue weighted by atomic mass is 9.89. The number of piperidine rings is 3. The molecule has 2 aromatic heterocycles. The van der Waals surface area contributed by atoms with Crippen molar-refractivity contribution < 1.29 is 23.7 Å². The van der Waals surface area contributed by atoms with Crippen LogP contribution in [0.3, 0.4) is 0 Å². The number of hydrogen-bond acceptors (Lipinski definition) is 12. The van der Waals surface area contributed by atoms with Gasteiger partial charge in [-0.3, -0.25) is 19.7 Å². The van der Waals surface area contributed by atoms with Crippen molar-refractivity contribution in [1.82, 2.24) is 35.1 Å². The molecule has 0 bridgehead atoms. The third-order valence-electron chi connectivity index (χ3n) is 13.8. The van der Waals surface area contributed by atoms with Crippen LogP contribution in [0.15, 0.2) is 65.3 Å². The average Bonchev–Trinajstić information content (AvgIpc) is 4.02. The van der Waals surface area contributed by atoms with Crippen LogP contribution in [0.5, 0.6) is 0 Å². The summed E-state index contributed by atoms with van der Waals surface area (Å²) in [5, 5.41) is 13.2. The third kappa shape index (κ3) is 7.65. The molecule has 5 amide bonds. The molecule has 5 aliphatic heterocycles. The highest BCUT2D eigenvalue weighted by Crippen LogP contribution is 2.41. The van der Waals surface area contributed by atoms with Gasteiger partial charge in [0, 0.05) is 82.1 Å². The number of primary amides is 1. The van der Waals surface area contributed by atoms with Crippen molar-refractivity contribution in [1.29, 1.82) is 0 Å². The molecule has 1 unspecified atom stereocenters. The Morgan fingerprint density at radius 2 is 1.71 bits per heavy atom. The van der Waals surface area contributed by atoms with E-state index < -0.39 is 11.8 Å². The van der Waals surface area contributed by atoms with Crippen LogP contribution >= 0.6 is 0 Å². The first kappa shape index (κ1) is 39.8. The van der Waals surface area contributed by atoms with E-state index >= 15 is 0 Å². The van der Waals surface area contributed by atoms with E-state index in [-0.39, 0.29) is 36.0 Å². The van der Waals surface area contributed by atoms with Crippen molar-refractivity contribution in [3.05, 3.63) is 77.7 Å². The summed E-state index contributed by atoms with van der Waals surface area (Å²) in [4.78, 5) is 70.0. The predicted molar refractivity (Wildman–Crippen MR) is 236 cm³/mol.